The summed E-state index contributed by atoms with van der Waals surface area (Å²) in [5.41, 5.74) is 1.22. The lowest BCUT2D eigenvalue weighted by Gasteiger charge is -2.16. The molecule has 3 rings (SSSR count). The number of ether oxygens (including phenoxy) is 1. The fourth-order valence-electron chi connectivity index (χ4n) is 2.86. The van der Waals surface area contributed by atoms with Crippen molar-refractivity contribution in [2.45, 2.75) is 32.4 Å². The lowest BCUT2D eigenvalue weighted by molar-refractivity contribution is -0.129. The minimum Gasteiger partial charge on any atom is -0.449 e. The summed E-state index contributed by atoms with van der Waals surface area (Å²) in [5, 5.41) is 3.41. The summed E-state index contributed by atoms with van der Waals surface area (Å²) in [7, 11) is -3.09. The summed E-state index contributed by atoms with van der Waals surface area (Å²) < 4.78 is 33.6. The van der Waals surface area contributed by atoms with Crippen molar-refractivity contribution in [1.29, 1.82) is 0 Å². The lowest BCUT2D eigenvalue weighted by atomic mass is 10.1. The number of amides is 1. The van der Waals surface area contributed by atoms with Crippen LogP contribution < -0.4 is 5.32 Å². The molecule has 1 fully saturated rings. The van der Waals surface area contributed by atoms with Crippen LogP contribution in [0.3, 0.4) is 0 Å². The number of nitrogens with one attached hydrogen (secondary N) is 1. The van der Waals surface area contributed by atoms with Gasteiger partial charge in [0.15, 0.2) is 15.9 Å². The average molecular weight is 365 g/mol. The number of fused-ring (bicyclic) bond motifs is 1. The van der Waals surface area contributed by atoms with Crippen molar-refractivity contribution in [2.75, 3.05) is 11.5 Å². The predicted octanol–water partition coefficient (Wildman–Crippen LogP) is 1.59. The molecule has 1 N–H and O–H groups in total. The quantitative estimate of drug-likeness (QED) is 0.826. The zero-order chi connectivity index (χ0) is 18.2. The monoisotopic (exact) mass is 365 g/mol. The van der Waals surface area contributed by atoms with E-state index in [0.717, 1.165) is 5.39 Å². The first-order chi connectivity index (χ1) is 11.8. The summed E-state index contributed by atoms with van der Waals surface area (Å²) in [4.78, 5) is 24.4. The normalized spacial score (nSPS) is 20.3. The van der Waals surface area contributed by atoms with Crippen LogP contribution in [0, 0.1) is 6.92 Å². The number of sulfone groups is 1. The Morgan fingerprint density at radius 3 is 2.68 bits per heavy atom. The van der Waals surface area contributed by atoms with E-state index >= 15 is 0 Å². The second-order valence-corrected chi connectivity index (χ2v) is 8.44. The van der Waals surface area contributed by atoms with E-state index in [1.807, 2.05) is 12.1 Å². The fraction of sp³-hybridized carbons (Fsp3) is 0.412. The predicted molar refractivity (Wildman–Crippen MR) is 91.0 cm³/mol. The van der Waals surface area contributed by atoms with E-state index in [-0.39, 0.29) is 17.3 Å². The van der Waals surface area contributed by atoms with E-state index in [9.17, 15) is 18.0 Å². The molecular formula is C17H19NO6S. The Morgan fingerprint density at radius 2 is 2.04 bits per heavy atom. The first kappa shape index (κ1) is 17.5. The molecular weight excluding hydrogens is 346 g/mol. The van der Waals surface area contributed by atoms with Gasteiger partial charge in [-0.15, -0.1) is 0 Å². The van der Waals surface area contributed by atoms with E-state index < -0.39 is 33.9 Å². The number of aryl methyl sites for hydroxylation is 1. The maximum absolute atomic E-state index is 12.3. The molecule has 25 heavy (non-hydrogen) atoms. The molecule has 1 aliphatic heterocycles. The van der Waals surface area contributed by atoms with Crippen LogP contribution in [-0.4, -0.2) is 43.9 Å². The van der Waals surface area contributed by atoms with Gasteiger partial charge in [-0.05, 0) is 26.3 Å². The number of esters is 1. The van der Waals surface area contributed by atoms with Gasteiger partial charge in [0.2, 0.25) is 5.76 Å². The standard InChI is InChI=1S/C17H19NO6S/c1-10-13-5-3-4-6-14(13)24-15(10)17(20)23-11(2)16(19)18-12-7-8-25(21,22)9-12/h3-6,11-12H,7-9H2,1-2H3,(H,18,19)/t11-,12+/m1/s1. The van der Waals surface area contributed by atoms with Gasteiger partial charge in [0, 0.05) is 17.0 Å². The van der Waals surface area contributed by atoms with Gasteiger partial charge in [-0.2, -0.15) is 0 Å². The molecule has 2 atom stereocenters. The third-order valence-electron chi connectivity index (χ3n) is 4.26. The minimum absolute atomic E-state index is 0.0595. The Bertz CT molecular complexity index is 930. The zero-order valence-corrected chi connectivity index (χ0v) is 14.8. The Hall–Kier alpha value is -2.35. The highest BCUT2D eigenvalue weighted by molar-refractivity contribution is 7.91. The third-order valence-corrected chi connectivity index (χ3v) is 6.03. The second kappa shape index (κ2) is 6.51. The van der Waals surface area contributed by atoms with Crippen LogP contribution >= 0.6 is 0 Å². The molecule has 2 heterocycles. The van der Waals surface area contributed by atoms with Crippen molar-refractivity contribution in [1.82, 2.24) is 5.32 Å². The molecule has 0 bridgehead atoms. The van der Waals surface area contributed by atoms with Crippen LogP contribution in [0.4, 0.5) is 0 Å². The van der Waals surface area contributed by atoms with Gasteiger partial charge in [-0.25, -0.2) is 13.2 Å². The highest BCUT2D eigenvalue weighted by Crippen LogP contribution is 2.25. The van der Waals surface area contributed by atoms with Crippen molar-refractivity contribution in [3.8, 4) is 0 Å². The van der Waals surface area contributed by atoms with Crippen LogP contribution in [0.1, 0.15) is 29.5 Å². The van der Waals surface area contributed by atoms with Gasteiger partial charge < -0.3 is 14.5 Å². The Balaban J connectivity index is 1.65. The summed E-state index contributed by atoms with van der Waals surface area (Å²) in [6.45, 7) is 3.19. The molecule has 1 amide bonds. The van der Waals surface area contributed by atoms with Crippen molar-refractivity contribution in [3.63, 3.8) is 0 Å². The first-order valence-electron chi connectivity index (χ1n) is 7.97. The number of benzene rings is 1. The second-order valence-electron chi connectivity index (χ2n) is 6.21. The largest absolute Gasteiger partial charge is 0.449 e. The molecule has 0 saturated carbocycles. The van der Waals surface area contributed by atoms with Gasteiger partial charge in [0.1, 0.15) is 5.58 Å². The molecule has 7 nitrogen and oxygen atoms in total. The van der Waals surface area contributed by atoms with E-state index in [2.05, 4.69) is 5.32 Å². The van der Waals surface area contributed by atoms with Crippen molar-refractivity contribution < 1.29 is 27.2 Å². The number of rotatable bonds is 4. The number of para-hydroxylation sites is 1. The molecule has 2 aromatic rings. The number of hydrogen-bond acceptors (Lipinski definition) is 6. The Kier molecular flexibility index (Phi) is 4.55. The van der Waals surface area contributed by atoms with Crippen molar-refractivity contribution in [3.05, 3.63) is 35.6 Å². The van der Waals surface area contributed by atoms with Gasteiger partial charge >= 0.3 is 5.97 Å². The molecule has 8 heteroatoms. The van der Waals surface area contributed by atoms with Gasteiger partial charge in [-0.3, -0.25) is 4.79 Å². The zero-order valence-electron chi connectivity index (χ0n) is 13.9. The number of carbonyl (C=O) groups is 2. The number of furan rings is 1. The Labute approximate surface area is 145 Å². The SMILES string of the molecule is Cc1c(C(=O)O[C@H](C)C(=O)N[C@H]2CCS(=O)(=O)C2)oc2ccccc12. The fourth-order valence-corrected chi connectivity index (χ4v) is 4.54. The first-order valence-corrected chi connectivity index (χ1v) is 9.79. The van der Waals surface area contributed by atoms with Crippen LogP contribution in [-0.2, 0) is 19.4 Å². The maximum Gasteiger partial charge on any atom is 0.375 e. The van der Waals surface area contributed by atoms with E-state index in [0.29, 0.717) is 17.6 Å². The van der Waals surface area contributed by atoms with E-state index in [1.165, 1.54) is 6.92 Å². The molecule has 0 radical (unpaired) electrons. The average Bonchev–Trinajstić information content (AvgIpc) is 3.07. The van der Waals surface area contributed by atoms with Crippen LogP contribution in [0.5, 0.6) is 0 Å². The molecule has 1 aliphatic rings. The summed E-state index contributed by atoms with van der Waals surface area (Å²) in [5.74, 6) is -1.21. The third kappa shape index (κ3) is 3.68. The molecule has 1 aromatic heterocycles. The molecule has 1 aromatic carbocycles. The lowest BCUT2D eigenvalue weighted by Crippen LogP contribution is -2.42. The topological polar surface area (TPSA) is 103 Å². The smallest absolute Gasteiger partial charge is 0.375 e. The van der Waals surface area contributed by atoms with E-state index in [1.54, 1.807) is 19.1 Å². The van der Waals surface area contributed by atoms with Crippen molar-refractivity contribution >= 4 is 32.7 Å². The van der Waals surface area contributed by atoms with Crippen molar-refractivity contribution in [2.24, 2.45) is 0 Å². The molecule has 1 saturated heterocycles. The molecule has 0 unspecified atom stereocenters. The summed E-state index contributed by atoms with van der Waals surface area (Å²) in [6, 6.07) is 6.78. The highest BCUT2D eigenvalue weighted by atomic mass is 32.2. The number of hydrogen-bond donors (Lipinski definition) is 1. The van der Waals surface area contributed by atoms with E-state index in [4.69, 9.17) is 9.15 Å². The molecule has 0 spiro atoms. The van der Waals surface area contributed by atoms with Gasteiger partial charge in [0.05, 0.1) is 11.5 Å². The highest BCUT2D eigenvalue weighted by Gasteiger charge is 2.31. The summed E-state index contributed by atoms with van der Waals surface area (Å²) in [6.07, 6.45) is -0.680. The summed E-state index contributed by atoms with van der Waals surface area (Å²) >= 11 is 0. The van der Waals surface area contributed by atoms with Gasteiger partial charge in [0.25, 0.3) is 5.91 Å². The van der Waals surface area contributed by atoms with Crippen LogP contribution in [0.25, 0.3) is 11.0 Å². The van der Waals surface area contributed by atoms with Crippen LogP contribution in [0.15, 0.2) is 28.7 Å². The van der Waals surface area contributed by atoms with Crippen LogP contribution in [0.2, 0.25) is 0 Å². The maximum atomic E-state index is 12.3. The minimum atomic E-state index is -3.09. The van der Waals surface area contributed by atoms with Gasteiger partial charge in [-0.1, -0.05) is 18.2 Å². The molecule has 134 valence electrons. The molecule has 0 aliphatic carbocycles. The number of carbonyl (C=O) groups excluding carboxylic acids is 2. The Morgan fingerprint density at radius 1 is 1.32 bits per heavy atom.